The first-order valence-electron chi connectivity index (χ1n) is 13.9. The molecule has 1 saturated carbocycles. The van der Waals surface area contributed by atoms with Gasteiger partial charge < -0.3 is 29.7 Å². The van der Waals surface area contributed by atoms with E-state index in [-0.39, 0.29) is 18.1 Å². The Kier molecular flexibility index (Phi) is 10.3. The number of ether oxygens (including phenoxy) is 3. The molecule has 0 bridgehead atoms. The number of rotatable bonds is 9. The first-order chi connectivity index (χ1) is 18.0. The molecule has 8 nitrogen and oxygen atoms in total. The van der Waals surface area contributed by atoms with Crippen LogP contribution in [0.4, 0.5) is 9.59 Å². The van der Waals surface area contributed by atoms with Crippen LogP contribution in [0.1, 0.15) is 69.5 Å². The van der Waals surface area contributed by atoms with Crippen LogP contribution in [0.25, 0.3) is 0 Å². The van der Waals surface area contributed by atoms with Crippen molar-refractivity contribution in [2.45, 2.75) is 69.5 Å². The van der Waals surface area contributed by atoms with Gasteiger partial charge in [0, 0.05) is 43.5 Å². The van der Waals surface area contributed by atoms with E-state index in [0.717, 1.165) is 44.3 Å². The van der Waals surface area contributed by atoms with Crippen LogP contribution in [0.15, 0.2) is 24.3 Å². The second-order valence-electron chi connectivity index (χ2n) is 10.8. The van der Waals surface area contributed by atoms with Gasteiger partial charge in [0.15, 0.2) is 0 Å². The molecule has 2 heterocycles. The molecule has 9 heteroatoms. The van der Waals surface area contributed by atoms with Crippen LogP contribution < -0.4 is 10.6 Å². The van der Waals surface area contributed by atoms with Crippen molar-refractivity contribution in [1.29, 1.82) is 0 Å². The van der Waals surface area contributed by atoms with Crippen LogP contribution in [-0.2, 0) is 14.2 Å². The van der Waals surface area contributed by atoms with E-state index >= 15 is 0 Å². The van der Waals surface area contributed by atoms with Gasteiger partial charge in [-0.2, -0.15) is 0 Å². The standard InChI is InChI=1S/C28H42ClN3O5/c1-35-26(33)31-14-16-36-25(22-9-5-11-24(29)17-22)23-10-6-15-32(19-23)27(34)37-28(12-13-30-20-28)18-21-7-3-2-4-8-21/h5,9,11,17,21,23,25,30H,2-4,6-8,10,12-16,18-20H2,1H3,(H,31,33)/t23?,25?,28-/m0/s1. The Bertz CT molecular complexity index is 888. The maximum Gasteiger partial charge on any atom is 0.410 e. The number of halogens is 1. The molecule has 2 aliphatic heterocycles. The van der Waals surface area contributed by atoms with Gasteiger partial charge in [-0.25, -0.2) is 9.59 Å². The summed E-state index contributed by atoms with van der Waals surface area (Å²) in [5.41, 5.74) is 0.577. The summed E-state index contributed by atoms with van der Waals surface area (Å²) < 4.78 is 17.3. The van der Waals surface area contributed by atoms with Crippen molar-refractivity contribution in [3.05, 3.63) is 34.9 Å². The van der Waals surface area contributed by atoms with Crippen molar-refractivity contribution < 1.29 is 23.8 Å². The Morgan fingerprint density at radius 2 is 2.05 bits per heavy atom. The maximum atomic E-state index is 13.5. The molecular formula is C28H42ClN3O5. The number of alkyl carbamates (subject to hydrolysis) is 1. The summed E-state index contributed by atoms with van der Waals surface area (Å²) in [6.45, 7) is 3.55. The zero-order valence-electron chi connectivity index (χ0n) is 22.0. The molecule has 0 radical (unpaired) electrons. The number of hydrogen-bond donors (Lipinski definition) is 2. The molecule has 2 saturated heterocycles. The van der Waals surface area contributed by atoms with Crippen LogP contribution in [-0.4, -0.2) is 69.1 Å². The zero-order valence-corrected chi connectivity index (χ0v) is 22.8. The average molecular weight is 536 g/mol. The highest BCUT2D eigenvalue weighted by Gasteiger charge is 2.42. The summed E-state index contributed by atoms with van der Waals surface area (Å²) in [7, 11) is 1.33. The van der Waals surface area contributed by atoms with Crippen LogP contribution >= 0.6 is 11.6 Å². The molecular weight excluding hydrogens is 494 g/mol. The van der Waals surface area contributed by atoms with Gasteiger partial charge >= 0.3 is 12.2 Å². The number of amides is 2. The number of nitrogens with one attached hydrogen (secondary N) is 2. The molecule has 2 N–H and O–H groups in total. The normalized spacial score (nSPS) is 25.5. The topological polar surface area (TPSA) is 89.1 Å². The Labute approximate surface area is 225 Å². The molecule has 4 rings (SSSR count). The summed E-state index contributed by atoms with van der Waals surface area (Å²) in [5.74, 6) is 0.739. The third-order valence-electron chi connectivity index (χ3n) is 8.07. The molecule has 37 heavy (non-hydrogen) atoms. The quantitative estimate of drug-likeness (QED) is 0.417. The Balaban J connectivity index is 1.40. The lowest BCUT2D eigenvalue weighted by Gasteiger charge is -2.39. The van der Waals surface area contributed by atoms with E-state index in [1.54, 1.807) is 0 Å². The number of nitrogens with zero attached hydrogens (tertiary/aromatic N) is 1. The first kappa shape index (κ1) is 28.0. The first-order valence-corrected chi connectivity index (χ1v) is 14.2. The van der Waals surface area contributed by atoms with E-state index in [2.05, 4.69) is 15.4 Å². The van der Waals surface area contributed by atoms with E-state index in [0.29, 0.717) is 37.2 Å². The SMILES string of the molecule is COC(=O)NCCOC(c1cccc(Cl)c1)C1CCCN(C(=O)O[C@]2(CC3CCCCC3)CCNC2)C1. The van der Waals surface area contributed by atoms with Gasteiger partial charge in [-0.15, -0.1) is 0 Å². The Morgan fingerprint density at radius 1 is 1.22 bits per heavy atom. The maximum absolute atomic E-state index is 13.5. The van der Waals surface area contributed by atoms with E-state index < -0.39 is 11.7 Å². The molecule has 2 amide bonds. The van der Waals surface area contributed by atoms with Crippen LogP contribution in [0.5, 0.6) is 0 Å². The Hall–Kier alpha value is -2.03. The highest BCUT2D eigenvalue weighted by molar-refractivity contribution is 6.30. The fraction of sp³-hybridized carbons (Fsp3) is 0.714. The number of piperidine rings is 1. The zero-order chi connectivity index (χ0) is 26.1. The lowest BCUT2D eigenvalue weighted by atomic mass is 9.80. The summed E-state index contributed by atoms with van der Waals surface area (Å²) in [5, 5.41) is 6.74. The molecule has 1 aliphatic carbocycles. The monoisotopic (exact) mass is 535 g/mol. The summed E-state index contributed by atoms with van der Waals surface area (Å²) in [6, 6.07) is 7.68. The number of carbonyl (C=O) groups excluding carboxylic acids is 2. The van der Waals surface area contributed by atoms with Crippen molar-refractivity contribution in [2.75, 3.05) is 46.4 Å². The van der Waals surface area contributed by atoms with Crippen molar-refractivity contribution >= 4 is 23.8 Å². The van der Waals surface area contributed by atoms with Gasteiger partial charge in [-0.1, -0.05) is 55.8 Å². The minimum absolute atomic E-state index is 0.0916. The van der Waals surface area contributed by atoms with E-state index in [4.69, 9.17) is 21.1 Å². The van der Waals surface area contributed by atoms with Gasteiger partial charge in [0.05, 0.1) is 19.8 Å². The van der Waals surface area contributed by atoms with Crippen LogP contribution in [0.3, 0.4) is 0 Å². The minimum atomic E-state index is -0.488. The summed E-state index contributed by atoms with van der Waals surface area (Å²) >= 11 is 6.30. The number of methoxy groups -OCH3 is 1. The van der Waals surface area contributed by atoms with Crippen molar-refractivity contribution in [1.82, 2.24) is 15.5 Å². The van der Waals surface area contributed by atoms with Gasteiger partial charge in [0.25, 0.3) is 0 Å². The molecule has 3 aliphatic rings. The molecule has 0 aromatic heterocycles. The lowest BCUT2D eigenvalue weighted by Crippen LogP contribution is -2.48. The largest absolute Gasteiger partial charge is 0.453 e. The van der Waals surface area contributed by atoms with Gasteiger partial charge in [-0.3, -0.25) is 0 Å². The van der Waals surface area contributed by atoms with Gasteiger partial charge in [0.2, 0.25) is 0 Å². The predicted octanol–water partition coefficient (Wildman–Crippen LogP) is 5.30. The molecule has 0 spiro atoms. The summed E-state index contributed by atoms with van der Waals surface area (Å²) in [4.78, 5) is 26.8. The number of carbonyl (C=O) groups is 2. The second-order valence-corrected chi connectivity index (χ2v) is 11.2. The summed E-state index contributed by atoms with van der Waals surface area (Å²) in [6.07, 6.45) is 9.10. The smallest absolute Gasteiger partial charge is 0.410 e. The fourth-order valence-electron chi connectivity index (χ4n) is 6.21. The van der Waals surface area contributed by atoms with E-state index in [1.165, 1.54) is 39.2 Å². The Morgan fingerprint density at radius 3 is 2.78 bits per heavy atom. The van der Waals surface area contributed by atoms with Gasteiger partial charge in [0.1, 0.15) is 5.60 Å². The van der Waals surface area contributed by atoms with Crippen molar-refractivity contribution in [3.8, 4) is 0 Å². The number of hydrogen-bond acceptors (Lipinski definition) is 6. The highest BCUT2D eigenvalue weighted by atomic mass is 35.5. The number of likely N-dealkylation sites (tertiary alicyclic amines) is 1. The third-order valence-corrected chi connectivity index (χ3v) is 8.30. The molecule has 3 atom stereocenters. The van der Waals surface area contributed by atoms with Crippen molar-refractivity contribution in [3.63, 3.8) is 0 Å². The molecule has 1 aromatic rings. The molecule has 1 aromatic carbocycles. The fourth-order valence-corrected chi connectivity index (χ4v) is 6.41. The average Bonchev–Trinajstić information content (AvgIpc) is 3.36. The number of benzene rings is 1. The molecule has 3 fully saturated rings. The minimum Gasteiger partial charge on any atom is -0.453 e. The van der Waals surface area contributed by atoms with E-state index in [9.17, 15) is 9.59 Å². The van der Waals surface area contributed by atoms with Crippen molar-refractivity contribution in [2.24, 2.45) is 11.8 Å². The second kappa shape index (κ2) is 13.7. The lowest BCUT2D eigenvalue weighted by molar-refractivity contribution is -0.0387. The third kappa shape index (κ3) is 7.98. The van der Waals surface area contributed by atoms with Crippen LogP contribution in [0, 0.1) is 11.8 Å². The highest BCUT2D eigenvalue weighted by Crippen LogP contribution is 2.37. The molecule has 206 valence electrons. The molecule has 2 unspecified atom stereocenters. The van der Waals surface area contributed by atoms with E-state index in [1.807, 2.05) is 29.2 Å². The van der Waals surface area contributed by atoms with Crippen LogP contribution in [0.2, 0.25) is 5.02 Å². The van der Waals surface area contributed by atoms with Gasteiger partial charge in [-0.05, 0) is 49.4 Å². The predicted molar refractivity (Wildman–Crippen MR) is 143 cm³/mol.